The summed E-state index contributed by atoms with van der Waals surface area (Å²) < 4.78 is 0. The summed E-state index contributed by atoms with van der Waals surface area (Å²) in [5.74, 6) is -0.874. The summed E-state index contributed by atoms with van der Waals surface area (Å²) in [4.78, 5) is 10.4. The van der Waals surface area contributed by atoms with E-state index in [0.29, 0.717) is 0 Å². The zero-order chi connectivity index (χ0) is 12.3. The van der Waals surface area contributed by atoms with Gasteiger partial charge in [-0.2, -0.15) is 0 Å². The topological polar surface area (TPSA) is 57.5 Å². The van der Waals surface area contributed by atoms with Crippen LogP contribution in [0.15, 0.2) is 12.1 Å². The minimum absolute atomic E-state index is 0.00603. The lowest BCUT2D eigenvalue weighted by Crippen LogP contribution is -2.06. The van der Waals surface area contributed by atoms with Crippen LogP contribution in [0.5, 0.6) is 0 Å². The highest BCUT2D eigenvalue weighted by atomic mass is 16.4. The average molecular weight is 222 g/mol. The number of hydrogen-bond acceptors (Lipinski definition) is 2. The average Bonchev–Trinajstić information content (AvgIpc) is 2.12. The second-order valence-corrected chi connectivity index (χ2v) is 4.26. The first kappa shape index (κ1) is 12.7. The van der Waals surface area contributed by atoms with Crippen molar-refractivity contribution in [3.63, 3.8) is 0 Å². The molecule has 0 radical (unpaired) electrons. The minimum Gasteiger partial charge on any atom is -0.481 e. The predicted molar refractivity (Wildman–Crippen MR) is 62.5 cm³/mol. The van der Waals surface area contributed by atoms with E-state index < -0.39 is 12.1 Å². The number of rotatable bonds is 4. The molecule has 0 saturated carbocycles. The quantitative estimate of drug-likeness (QED) is 0.823. The van der Waals surface area contributed by atoms with Crippen LogP contribution in [-0.4, -0.2) is 16.2 Å². The van der Waals surface area contributed by atoms with Crippen LogP contribution in [0.25, 0.3) is 0 Å². The molecule has 0 aliphatic heterocycles. The minimum atomic E-state index is -0.874. The van der Waals surface area contributed by atoms with Gasteiger partial charge in [0.1, 0.15) is 0 Å². The van der Waals surface area contributed by atoms with E-state index in [1.54, 1.807) is 0 Å². The molecule has 88 valence electrons. The standard InChI is InChI=1S/C13H18O3/c1-8-6-9(2)13(10(3)7-8)11(14)4-5-12(15)16/h6-7,11,14H,4-5H2,1-3H3,(H,15,16). The van der Waals surface area contributed by atoms with Gasteiger partial charge in [-0.3, -0.25) is 4.79 Å². The van der Waals surface area contributed by atoms with E-state index >= 15 is 0 Å². The molecule has 0 aliphatic carbocycles. The molecule has 0 spiro atoms. The highest BCUT2D eigenvalue weighted by Crippen LogP contribution is 2.26. The number of aliphatic carboxylic acids is 1. The van der Waals surface area contributed by atoms with Crippen LogP contribution in [0.4, 0.5) is 0 Å². The van der Waals surface area contributed by atoms with Crippen LogP contribution in [-0.2, 0) is 4.79 Å². The van der Waals surface area contributed by atoms with E-state index in [1.807, 2.05) is 32.9 Å². The molecule has 1 aromatic carbocycles. The van der Waals surface area contributed by atoms with Gasteiger partial charge in [0.05, 0.1) is 6.10 Å². The molecule has 0 heterocycles. The Morgan fingerprint density at radius 3 is 2.19 bits per heavy atom. The predicted octanol–water partition coefficient (Wildman–Crippen LogP) is 2.51. The smallest absolute Gasteiger partial charge is 0.303 e. The molecule has 1 unspecified atom stereocenters. The molecule has 3 heteroatoms. The molecular weight excluding hydrogens is 204 g/mol. The van der Waals surface area contributed by atoms with Gasteiger partial charge in [-0.05, 0) is 43.9 Å². The number of hydrogen-bond donors (Lipinski definition) is 2. The van der Waals surface area contributed by atoms with E-state index in [9.17, 15) is 9.90 Å². The number of aliphatic hydroxyl groups excluding tert-OH is 1. The van der Waals surface area contributed by atoms with Crippen LogP contribution < -0.4 is 0 Å². The summed E-state index contributed by atoms with van der Waals surface area (Å²) >= 11 is 0. The molecule has 0 amide bonds. The highest BCUT2D eigenvalue weighted by Gasteiger charge is 2.14. The lowest BCUT2D eigenvalue weighted by Gasteiger charge is -2.16. The Morgan fingerprint density at radius 2 is 1.75 bits per heavy atom. The summed E-state index contributed by atoms with van der Waals surface area (Å²) in [5, 5.41) is 18.5. The summed E-state index contributed by atoms with van der Waals surface area (Å²) in [6.07, 6.45) is -0.426. The number of aryl methyl sites for hydroxylation is 3. The largest absolute Gasteiger partial charge is 0.481 e. The Hall–Kier alpha value is -1.35. The summed E-state index contributed by atoms with van der Waals surface area (Å²) in [7, 11) is 0. The van der Waals surface area contributed by atoms with E-state index in [1.165, 1.54) is 0 Å². The molecule has 16 heavy (non-hydrogen) atoms. The second kappa shape index (κ2) is 5.12. The first-order valence-electron chi connectivity index (χ1n) is 5.39. The van der Waals surface area contributed by atoms with Gasteiger partial charge in [-0.15, -0.1) is 0 Å². The number of carbonyl (C=O) groups is 1. The number of carboxylic acids is 1. The zero-order valence-electron chi connectivity index (χ0n) is 9.95. The van der Waals surface area contributed by atoms with E-state index in [4.69, 9.17) is 5.11 Å². The maximum absolute atomic E-state index is 10.4. The molecule has 2 N–H and O–H groups in total. The normalized spacial score (nSPS) is 12.5. The van der Waals surface area contributed by atoms with Crippen molar-refractivity contribution in [2.24, 2.45) is 0 Å². The van der Waals surface area contributed by atoms with Crippen LogP contribution in [0, 0.1) is 20.8 Å². The third kappa shape index (κ3) is 3.07. The number of carboxylic acid groups (broad SMARTS) is 1. The van der Waals surface area contributed by atoms with E-state index in [-0.39, 0.29) is 12.8 Å². The van der Waals surface area contributed by atoms with Gasteiger partial charge >= 0.3 is 5.97 Å². The molecule has 3 nitrogen and oxygen atoms in total. The number of aliphatic hydroxyl groups is 1. The Morgan fingerprint density at radius 1 is 1.25 bits per heavy atom. The Bertz CT molecular complexity index is 373. The maximum Gasteiger partial charge on any atom is 0.303 e. The van der Waals surface area contributed by atoms with Crippen molar-refractivity contribution in [1.29, 1.82) is 0 Å². The van der Waals surface area contributed by atoms with Crippen molar-refractivity contribution >= 4 is 5.97 Å². The van der Waals surface area contributed by atoms with Crippen LogP contribution in [0.2, 0.25) is 0 Å². The van der Waals surface area contributed by atoms with Crippen molar-refractivity contribution < 1.29 is 15.0 Å². The third-order valence-corrected chi connectivity index (χ3v) is 2.70. The fraction of sp³-hybridized carbons (Fsp3) is 0.462. The number of benzene rings is 1. The highest BCUT2D eigenvalue weighted by molar-refractivity contribution is 5.66. The van der Waals surface area contributed by atoms with Gasteiger partial charge in [-0.1, -0.05) is 17.7 Å². The summed E-state index contributed by atoms with van der Waals surface area (Å²) in [5.41, 5.74) is 4.07. The molecule has 0 fully saturated rings. The summed E-state index contributed by atoms with van der Waals surface area (Å²) in [6.45, 7) is 5.89. The Kier molecular flexibility index (Phi) is 4.07. The van der Waals surface area contributed by atoms with Crippen molar-refractivity contribution in [1.82, 2.24) is 0 Å². The zero-order valence-corrected chi connectivity index (χ0v) is 9.95. The first-order chi connectivity index (χ1) is 7.41. The summed E-state index contributed by atoms with van der Waals surface area (Å²) in [6, 6.07) is 4.01. The van der Waals surface area contributed by atoms with Gasteiger partial charge in [-0.25, -0.2) is 0 Å². The van der Waals surface area contributed by atoms with E-state index in [2.05, 4.69) is 0 Å². The van der Waals surface area contributed by atoms with Crippen molar-refractivity contribution in [2.45, 2.75) is 39.7 Å². The van der Waals surface area contributed by atoms with Gasteiger partial charge in [0.2, 0.25) is 0 Å². The SMILES string of the molecule is Cc1cc(C)c(C(O)CCC(=O)O)c(C)c1. The first-order valence-corrected chi connectivity index (χ1v) is 5.39. The van der Waals surface area contributed by atoms with Crippen LogP contribution in [0.3, 0.4) is 0 Å². The van der Waals surface area contributed by atoms with Crippen LogP contribution >= 0.6 is 0 Å². The van der Waals surface area contributed by atoms with Crippen molar-refractivity contribution in [2.75, 3.05) is 0 Å². The van der Waals surface area contributed by atoms with Crippen LogP contribution in [0.1, 0.15) is 41.2 Å². The van der Waals surface area contributed by atoms with Gasteiger partial charge in [0.15, 0.2) is 0 Å². The molecule has 1 rings (SSSR count). The fourth-order valence-corrected chi connectivity index (χ4v) is 2.12. The van der Waals surface area contributed by atoms with Gasteiger partial charge in [0.25, 0.3) is 0 Å². The molecule has 0 bridgehead atoms. The fourth-order valence-electron chi connectivity index (χ4n) is 2.12. The van der Waals surface area contributed by atoms with Crippen molar-refractivity contribution in [3.8, 4) is 0 Å². The Balaban J connectivity index is 2.90. The molecule has 0 aromatic heterocycles. The third-order valence-electron chi connectivity index (χ3n) is 2.70. The second-order valence-electron chi connectivity index (χ2n) is 4.26. The maximum atomic E-state index is 10.4. The molecule has 0 saturated heterocycles. The molecule has 1 aromatic rings. The molecular formula is C13H18O3. The van der Waals surface area contributed by atoms with Gasteiger partial charge < -0.3 is 10.2 Å². The van der Waals surface area contributed by atoms with Crippen molar-refractivity contribution in [3.05, 3.63) is 34.4 Å². The lowest BCUT2D eigenvalue weighted by atomic mass is 9.93. The van der Waals surface area contributed by atoms with E-state index in [0.717, 1.165) is 22.3 Å². The Labute approximate surface area is 95.7 Å². The lowest BCUT2D eigenvalue weighted by molar-refractivity contribution is -0.137. The molecule has 0 aliphatic rings. The van der Waals surface area contributed by atoms with Gasteiger partial charge in [0, 0.05) is 6.42 Å². The monoisotopic (exact) mass is 222 g/mol. The molecule has 1 atom stereocenters.